The molecule has 0 heterocycles. The first-order valence-corrected chi connectivity index (χ1v) is 13.9. The maximum Gasteiger partial charge on any atom is 0.169 e. The predicted molar refractivity (Wildman–Crippen MR) is 117 cm³/mol. The molecule has 0 saturated heterocycles. The van der Waals surface area contributed by atoms with E-state index in [1.807, 2.05) is 0 Å². The highest BCUT2D eigenvalue weighted by Gasteiger charge is 2.57. The summed E-state index contributed by atoms with van der Waals surface area (Å²) in [5, 5.41) is 94.2. The number of hydrogen-bond acceptors (Lipinski definition) is 12. The predicted octanol–water partition coefficient (Wildman–Crippen LogP) is -2.80. The van der Waals surface area contributed by atoms with Gasteiger partial charge in [-0.3, -0.25) is 0 Å². The van der Waals surface area contributed by atoms with Gasteiger partial charge in [-0.25, -0.2) is 0 Å². The normalized spacial score (nSPS) is 22.4. The van der Waals surface area contributed by atoms with Crippen molar-refractivity contribution in [2.45, 2.75) is 102 Å². The van der Waals surface area contributed by atoms with Gasteiger partial charge in [-0.2, -0.15) is 0 Å². The molecule has 194 valence electrons. The number of aliphatic carboxylic acids is 2. The van der Waals surface area contributed by atoms with E-state index < -0.39 is 73.2 Å². The van der Waals surface area contributed by atoms with Gasteiger partial charge in [-0.05, 0) is 55.4 Å². The summed E-state index contributed by atoms with van der Waals surface area (Å²) in [6, 6.07) is 0. The number of hydrogen-bond donors (Lipinski definition) is 8. The van der Waals surface area contributed by atoms with Gasteiger partial charge in [0.05, 0.1) is 11.9 Å². The number of aliphatic hydroxyl groups excluding tert-OH is 8. The van der Waals surface area contributed by atoms with Crippen molar-refractivity contribution >= 4 is 26.5 Å². The molecule has 12 nitrogen and oxygen atoms in total. The van der Waals surface area contributed by atoms with Gasteiger partial charge in [-0.15, -0.1) is 0 Å². The number of carbonyl (C=O) groups is 2. The Kier molecular flexibility index (Phi) is 17.3. The van der Waals surface area contributed by atoms with Crippen molar-refractivity contribution in [2.75, 3.05) is 0 Å². The molecule has 14 heteroatoms. The minimum absolute atomic E-state index is 0.868. The van der Waals surface area contributed by atoms with E-state index in [1.165, 1.54) is 55.4 Å². The zero-order valence-electron chi connectivity index (χ0n) is 19.7. The van der Waals surface area contributed by atoms with Crippen molar-refractivity contribution in [1.82, 2.24) is 0 Å². The molecule has 8 N–H and O–H groups in total. The lowest BCUT2D eigenvalue weighted by Gasteiger charge is -2.36. The monoisotopic (exact) mass is 510 g/mol. The largest absolute Gasteiger partial charge is 0.543 e. The van der Waals surface area contributed by atoms with Gasteiger partial charge in [0, 0.05) is 0 Å². The lowest BCUT2D eigenvalue weighted by Crippen LogP contribution is -2.42. The van der Waals surface area contributed by atoms with Crippen LogP contribution < -0.4 is 10.2 Å². The Morgan fingerprint density at radius 2 is 0.531 bits per heavy atom. The third kappa shape index (κ3) is 9.02. The molecule has 0 aliphatic rings. The van der Waals surface area contributed by atoms with Crippen LogP contribution in [0.25, 0.3) is 0 Å². The topological polar surface area (TPSA) is 242 Å². The molecule has 0 amide bonds. The van der Waals surface area contributed by atoms with Crippen molar-refractivity contribution in [3.63, 3.8) is 0 Å². The summed E-state index contributed by atoms with van der Waals surface area (Å²) in [6.45, 7) is 12.0. The first-order valence-electron chi connectivity index (χ1n) is 9.82. The van der Waals surface area contributed by atoms with E-state index in [2.05, 4.69) is 0 Å². The van der Waals surface area contributed by atoms with Gasteiger partial charge < -0.3 is 60.7 Å². The number of carboxylic acid groups (broad SMARTS) is 2. The summed E-state index contributed by atoms with van der Waals surface area (Å²) < 4.78 is 0. The van der Waals surface area contributed by atoms with E-state index in [4.69, 9.17) is 19.8 Å². The summed E-state index contributed by atoms with van der Waals surface area (Å²) in [5.41, 5.74) is 0. The third-order valence-corrected chi connectivity index (χ3v) is 15.7. The van der Waals surface area contributed by atoms with Gasteiger partial charge >= 0.3 is 0 Å². The lowest BCUT2D eigenvalue weighted by atomic mass is 10.7. The highest BCUT2D eigenvalue weighted by atomic mass is 31.2. The van der Waals surface area contributed by atoms with Crippen LogP contribution in [0.2, 0.25) is 0 Å². The molecule has 32 heavy (non-hydrogen) atoms. The van der Waals surface area contributed by atoms with Crippen molar-refractivity contribution < 1.29 is 60.7 Å². The smallest absolute Gasteiger partial charge is 0.169 e. The van der Waals surface area contributed by atoms with Crippen molar-refractivity contribution in [3.8, 4) is 0 Å². The summed E-state index contributed by atoms with van der Waals surface area (Å²) in [6.07, 6.45) is 0. The fourth-order valence-corrected chi connectivity index (χ4v) is 11.2. The van der Waals surface area contributed by atoms with Crippen LogP contribution in [0.15, 0.2) is 0 Å². The molecule has 0 aliphatic heterocycles. The zero-order chi connectivity index (χ0) is 26.8. The van der Waals surface area contributed by atoms with Crippen molar-refractivity contribution in [3.05, 3.63) is 0 Å². The summed E-state index contributed by atoms with van der Waals surface area (Å²) >= 11 is 0. The third-order valence-electron chi connectivity index (χ3n) is 5.34. The molecule has 8 atom stereocenters. The maximum atomic E-state index is 9.54. The van der Waals surface area contributed by atoms with Crippen LogP contribution in [0.1, 0.15) is 55.4 Å². The van der Waals surface area contributed by atoms with Crippen LogP contribution in [0.5, 0.6) is 0 Å². The Balaban J connectivity index is -0.000000422. The molecule has 0 aromatic heterocycles. The minimum atomic E-state index is -2.56. The van der Waals surface area contributed by atoms with Crippen LogP contribution in [0.3, 0.4) is 0 Å². The Bertz CT molecular complexity index is 425. The fourth-order valence-electron chi connectivity index (χ4n) is 3.75. The SMILES string of the molecule is CC(O)[P+](C(C)O)(C(C)O)C(C)O.CC(O)[P+](C(C)O)(C(C)O)C(C)O.O=C([O-])C(=O)[O-]. The highest BCUT2D eigenvalue weighted by Crippen LogP contribution is 2.71. The maximum absolute atomic E-state index is 9.54. The number of rotatable bonds is 8. The standard InChI is InChI=1S/2C8H20O4P.C2H2O4/c2*1-5(9)13(6(2)10,7(3)11)8(4)12;3-1(4)2(5)6/h2*5-12H,1-4H3;(H,3,4)(H,5,6)/q2*+1;/p-2. The van der Waals surface area contributed by atoms with Gasteiger partial charge in [0.1, 0.15) is 14.5 Å². The fraction of sp³-hybridized carbons (Fsp3) is 0.889. The molecule has 0 aliphatic carbocycles. The molecule has 0 aromatic carbocycles. The summed E-state index contributed by atoms with van der Waals surface area (Å²) in [4.78, 5) is 17.9. The lowest BCUT2D eigenvalue weighted by molar-refractivity contribution is -0.345. The van der Waals surface area contributed by atoms with Crippen LogP contribution in [0.4, 0.5) is 0 Å². The van der Waals surface area contributed by atoms with Gasteiger partial charge in [0.15, 0.2) is 46.8 Å². The number of carbonyl (C=O) groups excluding carboxylic acids is 2. The van der Waals surface area contributed by atoms with Crippen LogP contribution >= 0.6 is 14.5 Å². The average Bonchev–Trinajstić information content (AvgIpc) is 2.53. The first kappa shape index (κ1) is 36.1. The molecule has 0 saturated carbocycles. The molecular weight excluding hydrogens is 470 g/mol. The van der Waals surface area contributed by atoms with E-state index >= 15 is 0 Å². The van der Waals surface area contributed by atoms with Crippen LogP contribution in [-0.4, -0.2) is 99.6 Å². The van der Waals surface area contributed by atoms with Crippen LogP contribution in [0, 0.1) is 0 Å². The minimum Gasteiger partial charge on any atom is -0.543 e. The van der Waals surface area contributed by atoms with Gasteiger partial charge in [0.25, 0.3) is 0 Å². The molecule has 0 bridgehead atoms. The number of carboxylic acids is 2. The quantitative estimate of drug-likeness (QED) is 0.122. The Labute approximate surface area is 189 Å². The second kappa shape index (κ2) is 15.4. The highest BCUT2D eigenvalue weighted by molar-refractivity contribution is 7.78. The average molecular weight is 510 g/mol. The molecule has 0 rings (SSSR count). The molecular formula is C18H40O12P2. The zero-order valence-corrected chi connectivity index (χ0v) is 21.5. The second-order valence-electron chi connectivity index (χ2n) is 7.42. The molecule has 0 radical (unpaired) electrons. The van der Waals surface area contributed by atoms with Crippen LogP contribution in [-0.2, 0) is 9.59 Å². The summed E-state index contributed by atoms with van der Waals surface area (Å²) in [7, 11) is -5.12. The molecule has 8 unspecified atom stereocenters. The number of aliphatic hydroxyl groups is 8. The van der Waals surface area contributed by atoms with E-state index in [-0.39, 0.29) is 0 Å². The van der Waals surface area contributed by atoms with E-state index in [0.717, 1.165) is 0 Å². The first-order chi connectivity index (χ1) is 14.2. The van der Waals surface area contributed by atoms with Crippen molar-refractivity contribution in [1.29, 1.82) is 0 Å². The Morgan fingerprint density at radius 1 is 0.438 bits per heavy atom. The van der Waals surface area contributed by atoms with E-state index in [0.29, 0.717) is 0 Å². The Hall–Kier alpha value is -0.520. The summed E-state index contributed by atoms with van der Waals surface area (Å²) in [5.74, 6) is -11.3. The second-order valence-corrected chi connectivity index (χ2v) is 17.0. The molecule has 0 spiro atoms. The van der Waals surface area contributed by atoms with Crippen molar-refractivity contribution in [2.24, 2.45) is 0 Å². The van der Waals surface area contributed by atoms with E-state index in [9.17, 15) is 40.9 Å². The Morgan fingerprint density at radius 3 is 0.531 bits per heavy atom. The van der Waals surface area contributed by atoms with E-state index in [1.54, 1.807) is 0 Å². The van der Waals surface area contributed by atoms with Gasteiger partial charge in [0.2, 0.25) is 0 Å². The molecule has 0 aromatic rings. The molecule has 0 fully saturated rings. The van der Waals surface area contributed by atoms with Gasteiger partial charge in [-0.1, -0.05) is 0 Å².